The molecule has 2 N–H and O–H groups in total. The minimum Gasteiger partial charge on any atom is -0.327 e. The number of thioether (sulfide) groups is 2. The summed E-state index contributed by atoms with van der Waals surface area (Å²) in [5.41, 5.74) is 5.97. The molecule has 0 amide bonds. The molecule has 3 heteroatoms. The largest absolute Gasteiger partial charge is 0.327 e. The van der Waals surface area contributed by atoms with E-state index in [1.807, 2.05) is 23.5 Å². The van der Waals surface area contributed by atoms with Crippen LogP contribution in [0.5, 0.6) is 0 Å². The first kappa shape index (κ1) is 10.7. The van der Waals surface area contributed by atoms with E-state index in [2.05, 4.69) is 6.92 Å². The third-order valence-corrected chi connectivity index (χ3v) is 4.59. The summed E-state index contributed by atoms with van der Waals surface area (Å²) in [6.07, 6.45) is 2.71. The maximum atomic E-state index is 5.97. The zero-order valence-corrected chi connectivity index (χ0v) is 9.42. The van der Waals surface area contributed by atoms with Crippen LogP contribution in [0.2, 0.25) is 0 Å². The topological polar surface area (TPSA) is 26.0 Å². The van der Waals surface area contributed by atoms with Crippen molar-refractivity contribution in [3.8, 4) is 0 Å². The fourth-order valence-corrected chi connectivity index (χ4v) is 3.56. The molecule has 1 aliphatic rings. The number of nitrogens with two attached hydrogens (primary N) is 1. The predicted molar refractivity (Wildman–Crippen MR) is 61.0 cm³/mol. The second kappa shape index (κ2) is 6.17. The van der Waals surface area contributed by atoms with Crippen LogP contribution in [-0.4, -0.2) is 29.1 Å². The van der Waals surface area contributed by atoms with Crippen LogP contribution in [0, 0.1) is 5.92 Å². The molecule has 0 aromatic rings. The van der Waals surface area contributed by atoms with Crippen LogP contribution < -0.4 is 5.73 Å². The van der Waals surface area contributed by atoms with Crippen molar-refractivity contribution in [2.75, 3.05) is 23.0 Å². The lowest BCUT2D eigenvalue weighted by atomic mass is 9.99. The first-order valence-corrected chi connectivity index (χ1v) is 7.06. The Balaban J connectivity index is 1.98. The molecular formula is C9H19NS2. The maximum absolute atomic E-state index is 5.97. The first-order valence-electron chi connectivity index (χ1n) is 4.75. The van der Waals surface area contributed by atoms with Crippen LogP contribution in [0.4, 0.5) is 0 Å². The van der Waals surface area contributed by atoms with Crippen molar-refractivity contribution < 1.29 is 0 Å². The summed E-state index contributed by atoms with van der Waals surface area (Å²) >= 11 is 4.07. The SMILES string of the molecule is CCSCCCC1CSCC1N. The van der Waals surface area contributed by atoms with E-state index >= 15 is 0 Å². The normalized spacial score (nSPS) is 29.5. The van der Waals surface area contributed by atoms with Gasteiger partial charge in [0.15, 0.2) is 0 Å². The van der Waals surface area contributed by atoms with E-state index in [9.17, 15) is 0 Å². The molecule has 0 spiro atoms. The van der Waals surface area contributed by atoms with Crippen LogP contribution in [0.1, 0.15) is 19.8 Å². The molecule has 0 aliphatic carbocycles. The van der Waals surface area contributed by atoms with E-state index in [0.29, 0.717) is 6.04 Å². The highest BCUT2D eigenvalue weighted by molar-refractivity contribution is 7.99. The highest BCUT2D eigenvalue weighted by Gasteiger charge is 2.23. The molecule has 1 nitrogen and oxygen atoms in total. The molecule has 1 aliphatic heterocycles. The molecule has 0 aromatic carbocycles. The number of rotatable bonds is 5. The Hall–Kier alpha value is 0.660. The predicted octanol–water partition coefficient (Wildman–Crippen LogP) is 2.21. The second-order valence-electron chi connectivity index (χ2n) is 3.30. The Bertz CT molecular complexity index is 119. The Morgan fingerprint density at radius 2 is 2.33 bits per heavy atom. The summed E-state index contributed by atoms with van der Waals surface area (Å²) in [7, 11) is 0. The molecule has 2 atom stereocenters. The van der Waals surface area contributed by atoms with Crippen molar-refractivity contribution in [1.82, 2.24) is 0 Å². The van der Waals surface area contributed by atoms with Crippen LogP contribution >= 0.6 is 23.5 Å². The monoisotopic (exact) mass is 205 g/mol. The third kappa shape index (κ3) is 3.58. The van der Waals surface area contributed by atoms with Gasteiger partial charge in [-0.2, -0.15) is 23.5 Å². The number of hydrogen-bond donors (Lipinski definition) is 1. The molecule has 1 heterocycles. The Morgan fingerprint density at radius 3 is 2.92 bits per heavy atom. The first-order chi connectivity index (χ1) is 5.84. The lowest BCUT2D eigenvalue weighted by Crippen LogP contribution is -2.28. The van der Waals surface area contributed by atoms with E-state index in [4.69, 9.17) is 5.73 Å². The summed E-state index contributed by atoms with van der Waals surface area (Å²) in [6, 6.07) is 0.488. The van der Waals surface area contributed by atoms with Crippen molar-refractivity contribution in [3.63, 3.8) is 0 Å². The molecule has 0 radical (unpaired) electrons. The average Bonchev–Trinajstić information content (AvgIpc) is 2.46. The van der Waals surface area contributed by atoms with Crippen molar-refractivity contribution in [3.05, 3.63) is 0 Å². The van der Waals surface area contributed by atoms with Gasteiger partial charge in [-0.1, -0.05) is 6.92 Å². The standard InChI is InChI=1S/C9H19NS2/c1-2-11-5-3-4-8-6-12-7-9(8)10/h8-9H,2-7,10H2,1H3. The van der Waals surface area contributed by atoms with Crippen LogP contribution in [0.15, 0.2) is 0 Å². The zero-order chi connectivity index (χ0) is 8.81. The Kier molecular flexibility index (Phi) is 5.52. The summed E-state index contributed by atoms with van der Waals surface area (Å²) < 4.78 is 0. The Labute approximate surface area is 84.2 Å². The molecule has 0 bridgehead atoms. The van der Waals surface area contributed by atoms with Gasteiger partial charge in [0.1, 0.15) is 0 Å². The third-order valence-electron chi connectivity index (χ3n) is 2.32. The van der Waals surface area contributed by atoms with E-state index in [1.165, 1.54) is 35.9 Å². The Morgan fingerprint density at radius 1 is 1.50 bits per heavy atom. The van der Waals surface area contributed by atoms with Crippen molar-refractivity contribution in [2.45, 2.75) is 25.8 Å². The molecule has 0 aromatic heterocycles. The molecule has 2 unspecified atom stereocenters. The van der Waals surface area contributed by atoms with Crippen LogP contribution in [0.3, 0.4) is 0 Å². The molecule has 1 rings (SSSR count). The highest BCUT2D eigenvalue weighted by Crippen LogP contribution is 2.26. The summed E-state index contributed by atoms with van der Waals surface area (Å²) in [4.78, 5) is 0. The summed E-state index contributed by atoms with van der Waals surface area (Å²) in [5, 5.41) is 0. The summed E-state index contributed by atoms with van der Waals surface area (Å²) in [6.45, 7) is 2.22. The minimum absolute atomic E-state index is 0.488. The van der Waals surface area contributed by atoms with Gasteiger partial charge in [-0.25, -0.2) is 0 Å². The molecule has 1 fully saturated rings. The lowest BCUT2D eigenvalue weighted by molar-refractivity contribution is 0.476. The van der Waals surface area contributed by atoms with Crippen LogP contribution in [0.25, 0.3) is 0 Å². The quantitative estimate of drug-likeness (QED) is 0.697. The maximum Gasteiger partial charge on any atom is 0.0166 e. The smallest absolute Gasteiger partial charge is 0.0166 e. The zero-order valence-electron chi connectivity index (χ0n) is 7.79. The van der Waals surface area contributed by atoms with E-state index in [0.717, 1.165) is 5.92 Å². The van der Waals surface area contributed by atoms with Gasteiger partial charge in [0.05, 0.1) is 0 Å². The molecular weight excluding hydrogens is 186 g/mol. The van der Waals surface area contributed by atoms with E-state index < -0.39 is 0 Å². The minimum atomic E-state index is 0.488. The highest BCUT2D eigenvalue weighted by atomic mass is 32.2. The van der Waals surface area contributed by atoms with Crippen molar-refractivity contribution >= 4 is 23.5 Å². The molecule has 12 heavy (non-hydrogen) atoms. The van der Waals surface area contributed by atoms with Gasteiger partial charge in [0.25, 0.3) is 0 Å². The van der Waals surface area contributed by atoms with Crippen molar-refractivity contribution in [1.29, 1.82) is 0 Å². The van der Waals surface area contributed by atoms with Crippen molar-refractivity contribution in [2.24, 2.45) is 11.7 Å². The molecule has 0 saturated carbocycles. The molecule has 72 valence electrons. The van der Waals surface area contributed by atoms with Crippen LogP contribution in [-0.2, 0) is 0 Å². The van der Waals surface area contributed by atoms with E-state index in [-0.39, 0.29) is 0 Å². The van der Waals surface area contributed by atoms with Gasteiger partial charge in [-0.3, -0.25) is 0 Å². The van der Waals surface area contributed by atoms with Gasteiger partial charge < -0.3 is 5.73 Å². The fourth-order valence-electron chi connectivity index (χ4n) is 1.50. The van der Waals surface area contributed by atoms with Gasteiger partial charge in [0, 0.05) is 11.8 Å². The average molecular weight is 205 g/mol. The van der Waals surface area contributed by atoms with Gasteiger partial charge >= 0.3 is 0 Å². The number of hydrogen-bond acceptors (Lipinski definition) is 3. The lowest BCUT2D eigenvalue weighted by Gasteiger charge is -2.13. The van der Waals surface area contributed by atoms with Gasteiger partial charge in [0.2, 0.25) is 0 Å². The second-order valence-corrected chi connectivity index (χ2v) is 5.77. The van der Waals surface area contributed by atoms with Gasteiger partial charge in [-0.15, -0.1) is 0 Å². The fraction of sp³-hybridized carbons (Fsp3) is 1.00. The van der Waals surface area contributed by atoms with E-state index in [1.54, 1.807) is 0 Å². The van der Waals surface area contributed by atoms with Gasteiger partial charge in [-0.05, 0) is 36.0 Å². The molecule has 1 saturated heterocycles. The summed E-state index contributed by atoms with van der Waals surface area (Å²) in [5.74, 6) is 5.88.